The number of nitrogens with one attached hydrogen (secondary N) is 1. The summed E-state index contributed by atoms with van der Waals surface area (Å²) in [5.74, 6) is 0.275. The van der Waals surface area contributed by atoms with Crippen LogP contribution in [0.1, 0.15) is 54.6 Å². The minimum Gasteiger partial charge on any atom is -0.465 e. The molecule has 1 aromatic carbocycles. The Balaban J connectivity index is 2.00. The van der Waals surface area contributed by atoms with Crippen LogP contribution in [0.4, 0.5) is 5.82 Å². The normalized spacial score (nSPS) is 17.2. The number of esters is 1. The van der Waals surface area contributed by atoms with E-state index in [0.717, 1.165) is 16.9 Å². The van der Waals surface area contributed by atoms with Gasteiger partial charge in [-0.2, -0.15) is 5.10 Å². The lowest BCUT2D eigenvalue weighted by atomic mass is 9.87. The van der Waals surface area contributed by atoms with Crippen LogP contribution < -0.4 is 5.32 Å². The third-order valence-corrected chi connectivity index (χ3v) is 4.19. The molecule has 1 amide bonds. The van der Waals surface area contributed by atoms with Gasteiger partial charge in [-0.1, -0.05) is 12.1 Å². The predicted molar refractivity (Wildman–Crippen MR) is 90.1 cm³/mol. The van der Waals surface area contributed by atoms with E-state index in [9.17, 15) is 9.59 Å². The highest BCUT2D eigenvalue weighted by molar-refractivity contribution is 5.94. The molecule has 0 saturated carbocycles. The highest BCUT2D eigenvalue weighted by atomic mass is 16.5. The Labute approximate surface area is 140 Å². The van der Waals surface area contributed by atoms with Crippen LogP contribution in [0.2, 0.25) is 0 Å². The second-order valence-corrected chi connectivity index (χ2v) is 6.95. The number of carbonyl (C=O) groups is 2. The van der Waals surface area contributed by atoms with Crippen molar-refractivity contribution in [1.82, 2.24) is 9.78 Å². The van der Waals surface area contributed by atoms with Gasteiger partial charge in [-0.25, -0.2) is 9.48 Å². The second kappa shape index (κ2) is 5.78. The van der Waals surface area contributed by atoms with Crippen LogP contribution in [0, 0.1) is 0 Å². The van der Waals surface area contributed by atoms with E-state index in [-0.39, 0.29) is 23.3 Å². The summed E-state index contributed by atoms with van der Waals surface area (Å²) >= 11 is 0. The summed E-state index contributed by atoms with van der Waals surface area (Å²) in [7, 11) is 1.36. The summed E-state index contributed by atoms with van der Waals surface area (Å²) in [4.78, 5) is 23.7. The first-order chi connectivity index (χ1) is 11.3. The van der Waals surface area contributed by atoms with Crippen molar-refractivity contribution in [2.24, 2.45) is 0 Å². The van der Waals surface area contributed by atoms with Gasteiger partial charge in [0.1, 0.15) is 5.82 Å². The van der Waals surface area contributed by atoms with Gasteiger partial charge >= 0.3 is 5.97 Å². The molecule has 0 radical (unpaired) electrons. The first-order valence-corrected chi connectivity index (χ1v) is 7.88. The monoisotopic (exact) mass is 327 g/mol. The number of hydrogen-bond acceptors (Lipinski definition) is 4. The fourth-order valence-corrected chi connectivity index (χ4v) is 3.00. The third-order valence-electron chi connectivity index (χ3n) is 4.19. The van der Waals surface area contributed by atoms with E-state index in [2.05, 4.69) is 10.4 Å². The Kier molecular flexibility index (Phi) is 3.91. The molecule has 1 atom stereocenters. The van der Waals surface area contributed by atoms with Crippen molar-refractivity contribution in [3.05, 3.63) is 47.2 Å². The predicted octanol–water partition coefficient (Wildman–Crippen LogP) is 2.90. The number of ether oxygens (including phenoxy) is 1. The zero-order valence-electron chi connectivity index (χ0n) is 14.3. The highest BCUT2D eigenvalue weighted by Gasteiger charge is 2.32. The van der Waals surface area contributed by atoms with E-state index in [1.807, 2.05) is 43.8 Å². The number of fused-ring (bicyclic) bond motifs is 1. The number of aromatic nitrogens is 2. The number of rotatable bonds is 2. The molecule has 6 heteroatoms. The molecule has 1 aromatic heterocycles. The lowest BCUT2D eigenvalue weighted by Gasteiger charge is -2.28. The molecule has 2 aromatic rings. The van der Waals surface area contributed by atoms with Gasteiger partial charge in [0.15, 0.2) is 0 Å². The van der Waals surface area contributed by atoms with Crippen LogP contribution in [-0.4, -0.2) is 28.8 Å². The Morgan fingerprint density at radius 2 is 1.96 bits per heavy atom. The summed E-state index contributed by atoms with van der Waals surface area (Å²) in [5.41, 5.74) is 2.24. The molecule has 0 spiro atoms. The van der Waals surface area contributed by atoms with Crippen molar-refractivity contribution in [2.45, 2.75) is 38.6 Å². The van der Waals surface area contributed by atoms with E-state index in [0.29, 0.717) is 12.0 Å². The summed E-state index contributed by atoms with van der Waals surface area (Å²) in [6.07, 6.45) is 2.18. The van der Waals surface area contributed by atoms with E-state index in [4.69, 9.17) is 4.74 Å². The molecule has 0 aliphatic carbocycles. The van der Waals surface area contributed by atoms with Crippen molar-refractivity contribution < 1.29 is 14.3 Å². The van der Waals surface area contributed by atoms with Crippen molar-refractivity contribution in [2.75, 3.05) is 12.4 Å². The molecule has 2 heterocycles. The molecule has 0 bridgehead atoms. The molecular weight excluding hydrogens is 306 g/mol. The second-order valence-electron chi connectivity index (χ2n) is 6.95. The smallest absolute Gasteiger partial charge is 0.337 e. The van der Waals surface area contributed by atoms with Crippen molar-refractivity contribution in [3.8, 4) is 0 Å². The maximum absolute atomic E-state index is 12.2. The van der Waals surface area contributed by atoms with Crippen LogP contribution in [0.5, 0.6) is 0 Å². The number of methoxy groups -OCH3 is 1. The fraction of sp³-hybridized carbons (Fsp3) is 0.389. The lowest BCUT2D eigenvalue weighted by Crippen LogP contribution is -2.30. The molecule has 0 saturated heterocycles. The average molecular weight is 327 g/mol. The number of nitrogens with zero attached hydrogens (tertiary/aromatic N) is 2. The number of anilines is 1. The molecule has 126 valence electrons. The standard InChI is InChI=1S/C18H21N3O3/c1-18(2,3)21-16-14(10-19-21)13(9-15(22)20-16)11-5-7-12(8-6-11)17(23)24-4/h5-8,10,13H,9H2,1-4H3,(H,20,22)/t13-/m0/s1. The third kappa shape index (κ3) is 2.79. The maximum Gasteiger partial charge on any atom is 0.337 e. The van der Waals surface area contributed by atoms with Crippen LogP contribution in [0.15, 0.2) is 30.5 Å². The molecular formula is C18H21N3O3. The SMILES string of the molecule is COC(=O)c1ccc([C@@H]2CC(=O)Nc3c2cnn3C(C)(C)C)cc1. The Morgan fingerprint density at radius 1 is 1.29 bits per heavy atom. The van der Waals surface area contributed by atoms with Gasteiger partial charge in [-0.05, 0) is 38.5 Å². The maximum atomic E-state index is 12.2. The van der Waals surface area contributed by atoms with Gasteiger partial charge in [0.25, 0.3) is 0 Å². The zero-order valence-corrected chi connectivity index (χ0v) is 14.3. The van der Waals surface area contributed by atoms with Gasteiger partial charge in [0, 0.05) is 17.9 Å². The van der Waals surface area contributed by atoms with Gasteiger partial charge in [0.05, 0.1) is 24.4 Å². The van der Waals surface area contributed by atoms with Gasteiger partial charge in [-0.3, -0.25) is 4.79 Å². The van der Waals surface area contributed by atoms with Gasteiger partial charge in [0.2, 0.25) is 5.91 Å². The molecule has 1 aliphatic heterocycles. The largest absolute Gasteiger partial charge is 0.465 e. The Morgan fingerprint density at radius 3 is 2.54 bits per heavy atom. The van der Waals surface area contributed by atoms with Crippen LogP contribution in [0.25, 0.3) is 0 Å². The van der Waals surface area contributed by atoms with Crippen LogP contribution in [-0.2, 0) is 15.1 Å². The van der Waals surface area contributed by atoms with E-state index < -0.39 is 0 Å². The quantitative estimate of drug-likeness (QED) is 0.861. The number of carbonyl (C=O) groups excluding carboxylic acids is 2. The topological polar surface area (TPSA) is 73.2 Å². The molecule has 3 rings (SSSR count). The van der Waals surface area contributed by atoms with Gasteiger partial charge < -0.3 is 10.1 Å². The number of amides is 1. The summed E-state index contributed by atoms with van der Waals surface area (Å²) in [5, 5.41) is 7.41. The molecule has 1 N–H and O–H groups in total. The van der Waals surface area contributed by atoms with Crippen molar-refractivity contribution in [3.63, 3.8) is 0 Å². The first-order valence-electron chi connectivity index (χ1n) is 7.88. The molecule has 1 aliphatic rings. The van der Waals surface area contributed by atoms with Crippen molar-refractivity contribution >= 4 is 17.7 Å². The summed E-state index contributed by atoms with van der Waals surface area (Å²) < 4.78 is 6.56. The zero-order chi connectivity index (χ0) is 17.5. The Bertz CT molecular complexity index is 785. The first kappa shape index (κ1) is 16.2. The molecule has 0 unspecified atom stereocenters. The van der Waals surface area contributed by atoms with E-state index >= 15 is 0 Å². The molecule has 24 heavy (non-hydrogen) atoms. The average Bonchev–Trinajstić information content (AvgIpc) is 2.97. The van der Waals surface area contributed by atoms with Crippen LogP contribution in [0.3, 0.4) is 0 Å². The molecule has 6 nitrogen and oxygen atoms in total. The highest BCUT2D eigenvalue weighted by Crippen LogP contribution is 2.38. The molecule has 0 fully saturated rings. The fourth-order valence-electron chi connectivity index (χ4n) is 3.00. The Hall–Kier alpha value is -2.63. The number of hydrogen-bond donors (Lipinski definition) is 1. The van der Waals surface area contributed by atoms with Gasteiger partial charge in [-0.15, -0.1) is 0 Å². The van der Waals surface area contributed by atoms with E-state index in [1.165, 1.54) is 7.11 Å². The van der Waals surface area contributed by atoms with Crippen molar-refractivity contribution in [1.29, 1.82) is 0 Å². The minimum atomic E-state index is -0.371. The summed E-state index contributed by atoms with van der Waals surface area (Å²) in [6, 6.07) is 7.19. The lowest BCUT2D eigenvalue weighted by molar-refractivity contribution is -0.116. The van der Waals surface area contributed by atoms with Crippen LogP contribution >= 0.6 is 0 Å². The summed E-state index contributed by atoms with van der Waals surface area (Å²) in [6.45, 7) is 6.13. The number of benzene rings is 1. The van der Waals surface area contributed by atoms with E-state index in [1.54, 1.807) is 12.1 Å². The minimum absolute atomic E-state index is 0.0319.